The van der Waals surface area contributed by atoms with Crippen molar-refractivity contribution in [3.63, 3.8) is 0 Å². The zero-order valence-electron chi connectivity index (χ0n) is 15.6. The van der Waals surface area contributed by atoms with Crippen LogP contribution in [0.2, 0.25) is 0 Å². The van der Waals surface area contributed by atoms with Crippen LogP contribution in [0.15, 0.2) is 36.7 Å². The van der Waals surface area contributed by atoms with E-state index < -0.39 is 6.10 Å². The molecule has 2 atom stereocenters. The Kier molecular flexibility index (Phi) is 5.75. The maximum absolute atomic E-state index is 12.4. The number of carbonyl (C=O) groups is 2. The third-order valence-electron chi connectivity index (χ3n) is 4.87. The molecule has 1 aromatic carbocycles. The lowest BCUT2D eigenvalue weighted by Gasteiger charge is -2.17. The Bertz CT molecular complexity index is 819. The van der Waals surface area contributed by atoms with E-state index in [9.17, 15) is 14.7 Å². The summed E-state index contributed by atoms with van der Waals surface area (Å²) >= 11 is 0. The highest BCUT2D eigenvalue weighted by atomic mass is 16.3. The smallest absolute Gasteiger partial charge is 0.317 e. The Morgan fingerprint density at radius 1 is 1.33 bits per heavy atom. The monoisotopic (exact) mass is 371 g/mol. The molecule has 3 amide bonds. The fourth-order valence-electron chi connectivity index (χ4n) is 3.31. The highest BCUT2D eigenvalue weighted by Crippen LogP contribution is 2.21. The molecule has 3 N–H and O–H groups in total. The first-order chi connectivity index (χ1) is 13.0. The zero-order chi connectivity index (χ0) is 19.4. The molecule has 8 nitrogen and oxygen atoms in total. The van der Waals surface area contributed by atoms with Crippen molar-refractivity contribution in [3.05, 3.63) is 42.2 Å². The summed E-state index contributed by atoms with van der Waals surface area (Å²) < 4.78 is 1.94. The average Bonchev–Trinajstić information content (AvgIpc) is 3.25. The molecule has 0 radical (unpaired) electrons. The van der Waals surface area contributed by atoms with Gasteiger partial charge in [0.15, 0.2) is 0 Å². The van der Waals surface area contributed by atoms with Crippen LogP contribution in [-0.2, 0) is 18.4 Å². The van der Waals surface area contributed by atoms with Crippen LogP contribution in [0.1, 0.15) is 12.0 Å². The molecule has 144 valence electrons. The van der Waals surface area contributed by atoms with Gasteiger partial charge in [-0.3, -0.25) is 4.79 Å². The second-order valence-electron chi connectivity index (χ2n) is 6.83. The fourth-order valence-corrected chi connectivity index (χ4v) is 3.31. The number of likely N-dealkylation sites (tertiary alicyclic amines) is 1. The first kappa shape index (κ1) is 18.9. The molecule has 1 aliphatic heterocycles. The van der Waals surface area contributed by atoms with Crippen LogP contribution >= 0.6 is 0 Å². The molecule has 0 spiro atoms. The third kappa shape index (κ3) is 4.46. The number of aliphatic hydroxyl groups excluding tert-OH is 1. The van der Waals surface area contributed by atoms with E-state index in [4.69, 9.17) is 0 Å². The molecule has 2 aromatic rings. The van der Waals surface area contributed by atoms with Gasteiger partial charge in [-0.15, -0.1) is 0 Å². The molecule has 1 aromatic heterocycles. The van der Waals surface area contributed by atoms with Gasteiger partial charge in [-0.25, -0.2) is 9.78 Å². The van der Waals surface area contributed by atoms with E-state index in [0.717, 1.165) is 17.0 Å². The largest absolute Gasteiger partial charge is 0.391 e. The summed E-state index contributed by atoms with van der Waals surface area (Å²) in [6.45, 7) is 0.984. The summed E-state index contributed by atoms with van der Waals surface area (Å²) in [5.74, 6) is 0.498. The zero-order valence-corrected chi connectivity index (χ0v) is 15.6. The minimum atomic E-state index is -0.681. The lowest BCUT2D eigenvalue weighted by molar-refractivity contribution is -0.122. The molecular weight excluding hydrogens is 346 g/mol. The highest BCUT2D eigenvalue weighted by Gasteiger charge is 2.34. The lowest BCUT2D eigenvalue weighted by atomic mass is 10.0. The Labute approximate surface area is 158 Å². The number of hydrogen-bond acceptors (Lipinski definition) is 4. The van der Waals surface area contributed by atoms with Gasteiger partial charge in [0.25, 0.3) is 0 Å². The number of rotatable bonds is 5. The van der Waals surface area contributed by atoms with Gasteiger partial charge in [-0.05, 0) is 11.6 Å². The van der Waals surface area contributed by atoms with Crippen LogP contribution < -0.4 is 10.6 Å². The predicted molar refractivity (Wildman–Crippen MR) is 101 cm³/mol. The summed E-state index contributed by atoms with van der Waals surface area (Å²) in [7, 11) is 3.50. The molecule has 27 heavy (non-hydrogen) atoms. The number of benzene rings is 1. The molecular formula is C19H25N5O3. The number of nitrogens with one attached hydrogen (secondary N) is 2. The van der Waals surface area contributed by atoms with Crippen LogP contribution in [0.3, 0.4) is 0 Å². The van der Waals surface area contributed by atoms with E-state index in [1.165, 1.54) is 0 Å². The van der Waals surface area contributed by atoms with E-state index in [1.807, 2.05) is 42.1 Å². The molecule has 1 saturated heterocycles. The average molecular weight is 371 g/mol. The number of hydrogen-bond donors (Lipinski definition) is 3. The number of urea groups is 1. The minimum Gasteiger partial charge on any atom is -0.391 e. The Morgan fingerprint density at radius 2 is 2.15 bits per heavy atom. The number of carbonyl (C=O) groups excluding carboxylic acids is 2. The standard InChI is InChI=1S/C19H25N5O3/c1-20-17(26)9-15-11-24(12-16(15)25)19(27)22-10-13-4-3-5-14(8-13)18-21-6-7-23(18)2/h3-8,15-16,25H,9-12H2,1-2H3,(H,20,26)(H,22,27)/t15-,16-/m1/s1. The van der Waals surface area contributed by atoms with Gasteiger partial charge in [-0.1, -0.05) is 18.2 Å². The SMILES string of the molecule is CNC(=O)C[C@@H]1CN(C(=O)NCc2cccc(-c3nccn3C)c2)C[C@H]1O. The molecule has 8 heteroatoms. The predicted octanol–water partition coefficient (Wildman–Crippen LogP) is 0.725. The van der Waals surface area contributed by atoms with E-state index in [2.05, 4.69) is 15.6 Å². The summed E-state index contributed by atoms with van der Waals surface area (Å²) in [5.41, 5.74) is 1.95. The highest BCUT2D eigenvalue weighted by molar-refractivity contribution is 5.77. The van der Waals surface area contributed by atoms with Crippen LogP contribution in [-0.4, -0.2) is 57.7 Å². The Morgan fingerprint density at radius 3 is 2.85 bits per heavy atom. The van der Waals surface area contributed by atoms with Gasteiger partial charge in [0.2, 0.25) is 5.91 Å². The normalized spacial score (nSPS) is 19.1. The lowest BCUT2D eigenvalue weighted by Crippen LogP contribution is -2.38. The molecule has 1 aliphatic rings. The minimum absolute atomic E-state index is 0.132. The number of amides is 3. The second-order valence-corrected chi connectivity index (χ2v) is 6.83. The number of β-amino-alcohol motifs (C(OH)–C–C–N with tert-alkyl or cyclic N) is 1. The van der Waals surface area contributed by atoms with Crippen LogP contribution in [0.5, 0.6) is 0 Å². The van der Waals surface area contributed by atoms with E-state index in [-0.39, 0.29) is 30.8 Å². The van der Waals surface area contributed by atoms with Crippen molar-refractivity contribution >= 4 is 11.9 Å². The first-order valence-electron chi connectivity index (χ1n) is 8.96. The van der Waals surface area contributed by atoms with Crippen LogP contribution in [0.4, 0.5) is 4.79 Å². The molecule has 0 aliphatic carbocycles. The van der Waals surface area contributed by atoms with Gasteiger partial charge in [0, 0.05) is 64.0 Å². The second kappa shape index (κ2) is 8.22. The molecule has 0 saturated carbocycles. The number of aryl methyl sites for hydroxylation is 1. The topological polar surface area (TPSA) is 99.5 Å². The Hall–Kier alpha value is -2.87. The number of aliphatic hydroxyl groups is 1. The van der Waals surface area contributed by atoms with Crippen molar-refractivity contribution in [1.29, 1.82) is 0 Å². The van der Waals surface area contributed by atoms with Crippen molar-refractivity contribution in [3.8, 4) is 11.4 Å². The molecule has 2 heterocycles. The molecule has 3 rings (SSSR count). The molecule has 0 unspecified atom stereocenters. The van der Waals surface area contributed by atoms with E-state index >= 15 is 0 Å². The fraction of sp³-hybridized carbons (Fsp3) is 0.421. The van der Waals surface area contributed by atoms with Crippen molar-refractivity contribution in [2.24, 2.45) is 13.0 Å². The molecule has 1 fully saturated rings. The van der Waals surface area contributed by atoms with Gasteiger partial charge in [0.1, 0.15) is 5.82 Å². The van der Waals surface area contributed by atoms with E-state index in [1.54, 1.807) is 18.1 Å². The van der Waals surface area contributed by atoms with Gasteiger partial charge < -0.3 is 25.2 Å². The maximum Gasteiger partial charge on any atom is 0.317 e. The van der Waals surface area contributed by atoms with Crippen molar-refractivity contribution in [1.82, 2.24) is 25.1 Å². The van der Waals surface area contributed by atoms with Crippen molar-refractivity contribution in [2.45, 2.75) is 19.1 Å². The summed E-state index contributed by atoms with van der Waals surface area (Å²) in [6, 6.07) is 7.62. The maximum atomic E-state index is 12.4. The number of nitrogens with zero attached hydrogens (tertiary/aromatic N) is 3. The van der Waals surface area contributed by atoms with Gasteiger partial charge in [-0.2, -0.15) is 0 Å². The van der Waals surface area contributed by atoms with Crippen molar-refractivity contribution in [2.75, 3.05) is 20.1 Å². The number of imidazole rings is 1. The summed E-state index contributed by atoms with van der Waals surface area (Å²) in [4.78, 5) is 29.8. The Balaban J connectivity index is 1.57. The van der Waals surface area contributed by atoms with Crippen LogP contribution in [0, 0.1) is 5.92 Å². The number of aromatic nitrogens is 2. The first-order valence-corrected chi connectivity index (χ1v) is 8.96. The third-order valence-corrected chi connectivity index (χ3v) is 4.87. The van der Waals surface area contributed by atoms with Gasteiger partial charge in [0.05, 0.1) is 6.10 Å². The summed E-state index contributed by atoms with van der Waals surface area (Å²) in [5, 5.41) is 15.5. The quantitative estimate of drug-likeness (QED) is 0.721. The van der Waals surface area contributed by atoms with Crippen LogP contribution in [0.25, 0.3) is 11.4 Å². The van der Waals surface area contributed by atoms with Crippen molar-refractivity contribution < 1.29 is 14.7 Å². The summed E-state index contributed by atoms with van der Waals surface area (Å²) in [6.07, 6.45) is 3.17. The van der Waals surface area contributed by atoms with E-state index in [0.29, 0.717) is 13.1 Å². The molecule has 0 bridgehead atoms. The van der Waals surface area contributed by atoms with Gasteiger partial charge >= 0.3 is 6.03 Å².